The standard InChI is InChI=1S/C9H11N3O2S2/c10-7(15)5-12-9(14)8(13)11-4-6-2-1-3-16-6/h1-3H,4-5H2,(H2,10,15)(H,11,13)(H,12,14). The molecule has 0 aliphatic rings. The van der Waals surface area contributed by atoms with Gasteiger partial charge in [0.1, 0.15) is 0 Å². The molecule has 7 heteroatoms. The smallest absolute Gasteiger partial charge is 0.309 e. The Bertz CT molecular complexity index is 389. The maximum atomic E-state index is 11.2. The van der Waals surface area contributed by atoms with Crippen molar-refractivity contribution < 1.29 is 9.59 Å². The first-order chi connectivity index (χ1) is 7.59. The van der Waals surface area contributed by atoms with E-state index in [2.05, 4.69) is 22.9 Å². The zero-order valence-electron chi connectivity index (χ0n) is 8.36. The first kappa shape index (κ1) is 12.6. The van der Waals surface area contributed by atoms with Crippen LogP contribution in [0.1, 0.15) is 4.88 Å². The van der Waals surface area contributed by atoms with Gasteiger partial charge in [-0.2, -0.15) is 0 Å². The van der Waals surface area contributed by atoms with Gasteiger partial charge in [0, 0.05) is 4.88 Å². The van der Waals surface area contributed by atoms with Gasteiger partial charge in [-0.3, -0.25) is 9.59 Å². The average molecular weight is 257 g/mol. The Morgan fingerprint density at radius 3 is 2.62 bits per heavy atom. The maximum Gasteiger partial charge on any atom is 0.309 e. The van der Waals surface area contributed by atoms with E-state index in [1.165, 1.54) is 11.3 Å². The topological polar surface area (TPSA) is 84.2 Å². The van der Waals surface area contributed by atoms with Crippen LogP contribution in [-0.2, 0) is 16.1 Å². The van der Waals surface area contributed by atoms with Crippen LogP contribution in [0.4, 0.5) is 0 Å². The molecule has 16 heavy (non-hydrogen) atoms. The molecule has 0 fully saturated rings. The van der Waals surface area contributed by atoms with E-state index in [9.17, 15) is 9.59 Å². The largest absolute Gasteiger partial charge is 0.392 e. The molecule has 0 saturated heterocycles. The first-order valence-corrected chi connectivity index (χ1v) is 5.75. The summed E-state index contributed by atoms with van der Waals surface area (Å²) in [5.41, 5.74) is 5.18. The van der Waals surface area contributed by atoms with Crippen LogP contribution in [0.25, 0.3) is 0 Å². The van der Waals surface area contributed by atoms with Crippen LogP contribution in [0.5, 0.6) is 0 Å². The van der Waals surface area contributed by atoms with Crippen molar-refractivity contribution in [2.45, 2.75) is 6.54 Å². The van der Waals surface area contributed by atoms with Crippen LogP contribution in [0.2, 0.25) is 0 Å². The van der Waals surface area contributed by atoms with Crippen LogP contribution < -0.4 is 16.4 Å². The van der Waals surface area contributed by atoms with Gasteiger partial charge in [0.2, 0.25) is 0 Å². The van der Waals surface area contributed by atoms with Gasteiger partial charge in [-0.25, -0.2) is 0 Å². The number of rotatable bonds is 4. The minimum absolute atomic E-state index is 0.0284. The minimum atomic E-state index is -0.732. The first-order valence-electron chi connectivity index (χ1n) is 4.46. The zero-order valence-corrected chi connectivity index (χ0v) is 9.99. The number of amides is 2. The minimum Gasteiger partial charge on any atom is -0.392 e. The lowest BCUT2D eigenvalue weighted by molar-refractivity contribution is -0.139. The lowest BCUT2D eigenvalue weighted by atomic mass is 10.4. The van der Waals surface area contributed by atoms with E-state index in [0.29, 0.717) is 6.54 Å². The van der Waals surface area contributed by atoms with Gasteiger partial charge in [0.15, 0.2) is 0 Å². The summed E-state index contributed by atoms with van der Waals surface area (Å²) in [6.07, 6.45) is 0. The van der Waals surface area contributed by atoms with E-state index < -0.39 is 11.8 Å². The molecule has 0 aromatic carbocycles. The molecule has 1 heterocycles. The number of carbonyl (C=O) groups is 2. The molecule has 0 spiro atoms. The second kappa shape index (κ2) is 6.19. The normalized spacial score (nSPS) is 9.50. The van der Waals surface area contributed by atoms with Crippen LogP contribution >= 0.6 is 23.6 Å². The molecular formula is C9H11N3O2S2. The zero-order chi connectivity index (χ0) is 12.0. The Hall–Kier alpha value is -1.47. The van der Waals surface area contributed by atoms with Gasteiger partial charge in [0.25, 0.3) is 0 Å². The van der Waals surface area contributed by atoms with E-state index in [-0.39, 0.29) is 11.5 Å². The lowest BCUT2D eigenvalue weighted by Gasteiger charge is -2.04. The fourth-order valence-electron chi connectivity index (χ4n) is 0.909. The summed E-state index contributed by atoms with van der Waals surface area (Å²) in [7, 11) is 0. The highest BCUT2D eigenvalue weighted by atomic mass is 32.1. The number of carbonyl (C=O) groups excluding carboxylic acids is 2. The summed E-state index contributed by atoms with van der Waals surface area (Å²) in [5.74, 6) is -1.42. The van der Waals surface area contributed by atoms with E-state index in [0.717, 1.165) is 4.88 Å². The molecular weight excluding hydrogens is 246 g/mol. The average Bonchev–Trinajstić information content (AvgIpc) is 2.75. The Labute approximate surface area is 102 Å². The summed E-state index contributed by atoms with van der Waals surface area (Å²) in [4.78, 5) is 23.5. The Morgan fingerprint density at radius 1 is 1.38 bits per heavy atom. The second-order valence-electron chi connectivity index (χ2n) is 2.91. The predicted octanol–water partition coefficient (Wildman–Crippen LogP) is -0.233. The molecule has 0 aliphatic heterocycles. The van der Waals surface area contributed by atoms with Crippen molar-refractivity contribution in [1.82, 2.24) is 10.6 Å². The number of thiocarbonyl (C=S) groups is 1. The highest BCUT2D eigenvalue weighted by Gasteiger charge is 2.12. The predicted molar refractivity (Wildman–Crippen MR) is 66.0 cm³/mol. The van der Waals surface area contributed by atoms with Crippen molar-refractivity contribution >= 4 is 40.4 Å². The second-order valence-corrected chi connectivity index (χ2v) is 4.47. The molecule has 0 unspecified atom stereocenters. The van der Waals surface area contributed by atoms with Crippen molar-refractivity contribution in [2.75, 3.05) is 6.54 Å². The van der Waals surface area contributed by atoms with Gasteiger partial charge in [-0.15, -0.1) is 11.3 Å². The summed E-state index contributed by atoms with van der Waals surface area (Å²) in [6.45, 7) is 0.373. The Kier molecular flexibility index (Phi) is 4.87. The van der Waals surface area contributed by atoms with E-state index in [4.69, 9.17) is 5.73 Å². The van der Waals surface area contributed by atoms with Crippen LogP contribution in [0.15, 0.2) is 17.5 Å². The Morgan fingerprint density at radius 2 is 2.06 bits per heavy atom. The third-order valence-corrected chi connectivity index (χ3v) is 2.65. The number of nitrogens with two attached hydrogens (primary N) is 1. The maximum absolute atomic E-state index is 11.2. The molecule has 0 bridgehead atoms. The molecule has 0 aliphatic carbocycles. The highest BCUT2D eigenvalue weighted by molar-refractivity contribution is 7.80. The molecule has 1 aromatic heterocycles. The number of nitrogens with one attached hydrogen (secondary N) is 2. The molecule has 4 N–H and O–H groups in total. The number of hydrogen-bond donors (Lipinski definition) is 3. The third-order valence-electron chi connectivity index (χ3n) is 1.63. The summed E-state index contributed by atoms with van der Waals surface area (Å²) in [5, 5.41) is 6.68. The molecule has 0 saturated carbocycles. The summed E-state index contributed by atoms with van der Waals surface area (Å²) in [6, 6.07) is 3.75. The van der Waals surface area contributed by atoms with E-state index >= 15 is 0 Å². The van der Waals surface area contributed by atoms with Crippen LogP contribution in [0.3, 0.4) is 0 Å². The van der Waals surface area contributed by atoms with E-state index in [1.54, 1.807) is 0 Å². The van der Waals surface area contributed by atoms with Gasteiger partial charge in [0.05, 0.1) is 18.1 Å². The molecule has 5 nitrogen and oxygen atoms in total. The van der Waals surface area contributed by atoms with Crippen LogP contribution in [0, 0.1) is 0 Å². The van der Waals surface area contributed by atoms with Gasteiger partial charge in [-0.1, -0.05) is 18.3 Å². The van der Waals surface area contributed by atoms with Crippen molar-refractivity contribution in [3.05, 3.63) is 22.4 Å². The Balaban J connectivity index is 2.29. The van der Waals surface area contributed by atoms with Gasteiger partial charge < -0.3 is 16.4 Å². The third kappa shape index (κ3) is 4.37. The monoisotopic (exact) mass is 257 g/mol. The molecule has 2 amide bonds. The molecule has 1 rings (SSSR count). The van der Waals surface area contributed by atoms with Gasteiger partial charge in [-0.05, 0) is 11.4 Å². The molecule has 1 aromatic rings. The van der Waals surface area contributed by atoms with Crippen molar-refractivity contribution in [1.29, 1.82) is 0 Å². The highest BCUT2D eigenvalue weighted by Crippen LogP contribution is 2.06. The summed E-state index contributed by atoms with van der Waals surface area (Å²) >= 11 is 6.07. The van der Waals surface area contributed by atoms with Gasteiger partial charge >= 0.3 is 11.8 Å². The fourth-order valence-corrected chi connectivity index (χ4v) is 1.63. The summed E-state index contributed by atoms with van der Waals surface area (Å²) < 4.78 is 0. The van der Waals surface area contributed by atoms with Crippen molar-refractivity contribution in [3.63, 3.8) is 0 Å². The number of thiophene rings is 1. The van der Waals surface area contributed by atoms with E-state index in [1.807, 2.05) is 17.5 Å². The fraction of sp³-hybridized carbons (Fsp3) is 0.222. The molecule has 86 valence electrons. The lowest BCUT2D eigenvalue weighted by Crippen LogP contribution is -2.42. The van der Waals surface area contributed by atoms with Crippen molar-refractivity contribution in [2.24, 2.45) is 5.73 Å². The number of hydrogen-bond acceptors (Lipinski definition) is 4. The molecule has 0 atom stereocenters. The quantitative estimate of drug-likeness (QED) is 0.514. The van der Waals surface area contributed by atoms with Crippen molar-refractivity contribution in [3.8, 4) is 0 Å². The SMILES string of the molecule is NC(=S)CNC(=O)C(=O)NCc1cccs1. The van der Waals surface area contributed by atoms with Crippen LogP contribution in [-0.4, -0.2) is 23.3 Å². The molecule has 0 radical (unpaired) electrons.